The molecule has 3 heterocycles. The lowest BCUT2D eigenvalue weighted by molar-refractivity contribution is -0.141. The number of fused-ring (bicyclic) bond motifs is 2. The van der Waals surface area contributed by atoms with Crippen LogP contribution in [0.15, 0.2) is 11.4 Å². The Bertz CT molecular complexity index is 480. The number of nitrogens with zero attached hydrogens (tertiary/aromatic N) is 1. The number of hydrazine groups is 2. The van der Waals surface area contributed by atoms with Crippen molar-refractivity contribution in [1.29, 1.82) is 0 Å². The van der Waals surface area contributed by atoms with E-state index in [1.807, 2.05) is 0 Å². The summed E-state index contributed by atoms with van der Waals surface area (Å²) in [7, 11) is 0. The van der Waals surface area contributed by atoms with Crippen LogP contribution in [0.25, 0.3) is 0 Å². The van der Waals surface area contributed by atoms with Crippen LogP contribution in [0.3, 0.4) is 0 Å². The molecule has 0 aliphatic carbocycles. The zero-order valence-corrected chi connectivity index (χ0v) is 11.4. The molecule has 9 heteroatoms. The van der Waals surface area contributed by atoms with Gasteiger partial charge in [0.25, 0.3) is 0 Å². The SMILES string of the molecule is O=C(O)CCC(=O)N1CCC2=C(NNN2)[C@@H]2OCO[C@H]2C1. The number of carboxylic acids is 1. The second kappa shape index (κ2) is 5.88. The molecule has 9 nitrogen and oxygen atoms in total. The number of nitrogens with one attached hydrogen (secondary N) is 3. The largest absolute Gasteiger partial charge is 0.481 e. The minimum Gasteiger partial charge on any atom is -0.481 e. The van der Waals surface area contributed by atoms with Crippen LogP contribution in [0.2, 0.25) is 0 Å². The number of carbonyl (C=O) groups excluding carboxylic acids is 1. The molecule has 2 atom stereocenters. The van der Waals surface area contributed by atoms with Crippen LogP contribution in [0, 0.1) is 0 Å². The fourth-order valence-corrected chi connectivity index (χ4v) is 2.72. The van der Waals surface area contributed by atoms with E-state index in [4.69, 9.17) is 14.6 Å². The van der Waals surface area contributed by atoms with E-state index >= 15 is 0 Å². The van der Waals surface area contributed by atoms with Gasteiger partial charge < -0.3 is 30.3 Å². The molecule has 0 saturated carbocycles. The summed E-state index contributed by atoms with van der Waals surface area (Å²) < 4.78 is 11.1. The average molecular weight is 298 g/mol. The average Bonchev–Trinajstić information content (AvgIpc) is 3.06. The van der Waals surface area contributed by atoms with Gasteiger partial charge in [0.15, 0.2) is 0 Å². The van der Waals surface area contributed by atoms with Crippen molar-refractivity contribution < 1.29 is 24.2 Å². The van der Waals surface area contributed by atoms with Crippen molar-refractivity contribution in [3.05, 3.63) is 11.4 Å². The zero-order valence-electron chi connectivity index (χ0n) is 11.4. The van der Waals surface area contributed by atoms with E-state index in [0.29, 0.717) is 19.5 Å². The maximum atomic E-state index is 12.1. The molecule has 3 aliphatic heterocycles. The third-order valence-corrected chi connectivity index (χ3v) is 3.83. The van der Waals surface area contributed by atoms with Gasteiger partial charge in [0.2, 0.25) is 5.91 Å². The van der Waals surface area contributed by atoms with Crippen LogP contribution < -0.4 is 16.4 Å². The van der Waals surface area contributed by atoms with E-state index in [9.17, 15) is 9.59 Å². The highest BCUT2D eigenvalue weighted by Gasteiger charge is 2.39. The number of ether oxygens (including phenoxy) is 2. The predicted molar refractivity (Wildman–Crippen MR) is 69.1 cm³/mol. The van der Waals surface area contributed by atoms with Crippen molar-refractivity contribution in [2.45, 2.75) is 31.5 Å². The fraction of sp³-hybridized carbons (Fsp3) is 0.667. The van der Waals surface area contributed by atoms with Gasteiger partial charge in [-0.2, -0.15) is 5.53 Å². The van der Waals surface area contributed by atoms with Crippen molar-refractivity contribution in [3.63, 3.8) is 0 Å². The molecule has 21 heavy (non-hydrogen) atoms. The molecule has 3 rings (SSSR count). The summed E-state index contributed by atoms with van der Waals surface area (Å²) >= 11 is 0. The molecule has 0 bridgehead atoms. The van der Waals surface area contributed by atoms with Gasteiger partial charge in [-0.25, -0.2) is 0 Å². The molecule has 1 amide bonds. The second-order valence-electron chi connectivity index (χ2n) is 5.16. The summed E-state index contributed by atoms with van der Waals surface area (Å²) in [6.07, 6.45) is -0.0175. The number of hydrogen-bond donors (Lipinski definition) is 4. The number of aliphatic carboxylic acids is 1. The first kappa shape index (κ1) is 14.1. The Hall–Kier alpha value is -1.84. The lowest BCUT2D eigenvalue weighted by Crippen LogP contribution is -2.45. The zero-order chi connectivity index (χ0) is 14.8. The Morgan fingerprint density at radius 2 is 2.14 bits per heavy atom. The number of carbonyl (C=O) groups is 2. The van der Waals surface area contributed by atoms with Crippen LogP contribution in [0.1, 0.15) is 19.3 Å². The first-order valence-corrected chi connectivity index (χ1v) is 6.88. The van der Waals surface area contributed by atoms with E-state index in [1.165, 1.54) is 0 Å². The first-order chi connectivity index (χ1) is 10.1. The van der Waals surface area contributed by atoms with Crippen LogP contribution in [-0.4, -0.2) is 54.0 Å². The molecule has 1 fully saturated rings. The van der Waals surface area contributed by atoms with E-state index in [0.717, 1.165) is 11.4 Å². The Kier molecular flexibility index (Phi) is 3.95. The standard InChI is InChI=1S/C12H18N4O5/c17-9(1-2-10(18)19)16-4-3-7-11(14-15-13-7)12-8(5-16)20-6-21-12/h8,12-15H,1-6H2,(H,18,19)/t8-,12+/m0/s1. The Balaban J connectivity index is 1.71. The van der Waals surface area contributed by atoms with Gasteiger partial charge in [-0.05, 0) is 0 Å². The summed E-state index contributed by atoms with van der Waals surface area (Å²) in [4.78, 5) is 24.4. The summed E-state index contributed by atoms with van der Waals surface area (Å²) in [5.74, 6) is -1.14. The third kappa shape index (κ3) is 2.94. The van der Waals surface area contributed by atoms with Crippen molar-refractivity contribution in [1.82, 2.24) is 21.3 Å². The third-order valence-electron chi connectivity index (χ3n) is 3.83. The molecule has 4 N–H and O–H groups in total. The molecule has 0 aromatic carbocycles. The molecular formula is C12H18N4O5. The van der Waals surface area contributed by atoms with Crippen LogP contribution >= 0.6 is 0 Å². The number of amides is 1. The van der Waals surface area contributed by atoms with E-state index in [1.54, 1.807) is 4.90 Å². The minimum atomic E-state index is -0.968. The van der Waals surface area contributed by atoms with Gasteiger partial charge in [-0.3, -0.25) is 9.59 Å². The lowest BCUT2D eigenvalue weighted by atomic mass is 10.0. The van der Waals surface area contributed by atoms with Gasteiger partial charge in [-0.15, -0.1) is 0 Å². The Labute approximate surface area is 121 Å². The summed E-state index contributed by atoms with van der Waals surface area (Å²) in [5, 5.41) is 8.69. The van der Waals surface area contributed by atoms with Crippen molar-refractivity contribution in [3.8, 4) is 0 Å². The van der Waals surface area contributed by atoms with Crippen LogP contribution in [0.5, 0.6) is 0 Å². The Morgan fingerprint density at radius 1 is 1.29 bits per heavy atom. The highest BCUT2D eigenvalue weighted by atomic mass is 16.7. The molecule has 116 valence electrons. The van der Waals surface area contributed by atoms with Gasteiger partial charge in [-0.1, -0.05) is 0 Å². The lowest BCUT2D eigenvalue weighted by Gasteiger charge is -2.30. The van der Waals surface area contributed by atoms with Crippen molar-refractivity contribution in [2.75, 3.05) is 19.9 Å². The normalized spacial score (nSPS) is 28.1. The van der Waals surface area contributed by atoms with E-state index < -0.39 is 5.97 Å². The first-order valence-electron chi connectivity index (χ1n) is 6.88. The molecule has 3 aliphatic rings. The summed E-state index contributed by atoms with van der Waals surface area (Å²) in [6.45, 7) is 1.10. The smallest absolute Gasteiger partial charge is 0.303 e. The van der Waals surface area contributed by atoms with E-state index in [2.05, 4.69) is 16.4 Å². The maximum absolute atomic E-state index is 12.1. The van der Waals surface area contributed by atoms with Crippen molar-refractivity contribution in [2.24, 2.45) is 0 Å². The van der Waals surface area contributed by atoms with Crippen LogP contribution in [0.4, 0.5) is 0 Å². The second-order valence-corrected chi connectivity index (χ2v) is 5.16. The molecule has 0 aromatic heterocycles. The molecular weight excluding hydrogens is 280 g/mol. The summed E-state index contributed by atoms with van der Waals surface area (Å²) in [5.41, 5.74) is 10.7. The Morgan fingerprint density at radius 3 is 2.95 bits per heavy atom. The quantitative estimate of drug-likeness (QED) is 0.506. The molecule has 0 radical (unpaired) electrons. The monoisotopic (exact) mass is 298 g/mol. The minimum absolute atomic E-state index is 0.00338. The molecule has 1 saturated heterocycles. The topological polar surface area (TPSA) is 112 Å². The van der Waals surface area contributed by atoms with Gasteiger partial charge in [0.05, 0.1) is 17.8 Å². The fourth-order valence-electron chi connectivity index (χ4n) is 2.72. The number of rotatable bonds is 3. The molecule has 0 unspecified atom stereocenters. The van der Waals surface area contributed by atoms with Crippen molar-refractivity contribution >= 4 is 11.9 Å². The summed E-state index contributed by atoms with van der Waals surface area (Å²) in [6, 6.07) is 0. The number of carboxylic acid groups (broad SMARTS) is 1. The van der Waals surface area contributed by atoms with Crippen LogP contribution in [-0.2, 0) is 19.1 Å². The highest BCUT2D eigenvalue weighted by molar-refractivity contribution is 5.80. The molecule has 0 spiro atoms. The van der Waals surface area contributed by atoms with E-state index in [-0.39, 0.29) is 37.7 Å². The number of hydrogen-bond acceptors (Lipinski definition) is 7. The van der Waals surface area contributed by atoms with Gasteiger partial charge in [0.1, 0.15) is 19.0 Å². The van der Waals surface area contributed by atoms with Gasteiger partial charge >= 0.3 is 5.97 Å². The maximum Gasteiger partial charge on any atom is 0.303 e. The predicted octanol–water partition coefficient (Wildman–Crippen LogP) is -1.35. The highest BCUT2D eigenvalue weighted by Crippen LogP contribution is 2.26. The van der Waals surface area contributed by atoms with Gasteiger partial charge in [0, 0.05) is 25.9 Å². The molecule has 0 aromatic rings.